The molecule has 0 radical (unpaired) electrons. The standard InChI is InChI=1S/C5H9N3/c6-4(5(7)8)3-1-2-3/h1-2,6H2,(H3,7,8). The van der Waals surface area contributed by atoms with Gasteiger partial charge in [0.25, 0.3) is 0 Å². The number of rotatable bonds is 1. The first-order chi connectivity index (χ1) is 3.72. The molecule has 0 bridgehead atoms. The van der Waals surface area contributed by atoms with E-state index in [1.807, 2.05) is 0 Å². The van der Waals surface area contributed by atoms with Crippen molar-refractivity contribution in [3.05, 3.63) is 11.3 Å². The number of allylic oxidation sites excluding steroid dienone is 1. The molecule has 0 aromatic rings. The molecule has 1 aliphatic rings. The summed E-state index contributed by atoms with van der Waals surface area (Å²) in [6.07, 6.45) is 2.07. The van der Waals surface area contributed by atoms with Gasteiger partial charge in [0.1, 0.15) is 5.84 Å². The van der Waals surface area contributed by atoms with E-state index in [2.05, 4.69) is 0 Å². The van der Waals surface area contributed by atoms with E-state index in [0.29, 0.717) is 5.70 Å². The van der Waals surface area contributed by atoms with Crippen LogP contribution in [0.5, 0.6) is 0 Å². The molecule has 0 spiro atoms. The Morgan fingerprint density at radius 3 is 2.00 bits per heavy atom. The fourth-order valence-corrected chi connectivity index (χ4v) is 0.522. The summed E-state index contributed by atoms with van der Waals surface area (Å²) in [5.41, 5.74) is 12.1. The number of nitrogens with two attached hydrogens (primary N) is 2. The van der Waals surface area contributed by atoms with E-state index < -0.39 is 0 Å². The van der Waals surface area contributed by atoms with Gasteiger partial charge in [-0.25, -0.2) is 0 Å². The topological polar surface area (TPSA) is 75.9 Å². The van der Waals surface area contributed by atoms with Crippen LogP contribution in [-0.4, -0.2) is 5.84 Å². The Morgan fingerprint density at radius 1 is 1.38 bits per heavy atom. The van der Waals surface area contributed by atoms with E-state index in [1.54, 1.807) is 0 Å². The van der Waals surface area contributed by atoms with Crippen LogP contribution < -0.4 is 11.5 Å². The van der Waals surface area contributed by atoms with E-state index in [9.17, 15) is 0 Å². The van der Waals surface area contributed by atoms with Crippen LogP contribution in [0.4, 0.5) is 0 Å². The van der Waals surface area contributed by atoms with Gasteiger partial charge < -0.3 is 11.5 Å². The summed E-state index contributed by atoms with van der Waals surface area (Å²) >= 11 is 0. The molecule has 0 aromatic heterocycles. The zero-order valence-electron chi connectivity index (χ0n) is 4.57. The van der Waals surface area contributed by atoms with Crippen LogP contribution in [0.3, 0.4) is 0 Å². The monoisotopic (exact) mass is 111 g/mol. The van der Waals surface area contributed by atoms with E-state index >= 15 is 0 Å². The molecule has 0 aliphatic heterocycles. The van der Waals surface area contributed by atoms with Gasteiger partial charge in [0, 0.05) is 0 Å². The second-order valence-electron chi connectivity index (χ2n) is 1.93. The molecule has 3 nitrogen and oxygen atoms in total. The van der Waals surface area contributed by atoms with Gasteiger partial charge >= 0.3 is 0 Å². The van der Waals surface area contributed by atoms with E-state index in [-0.39, 0.29) is 5.84 Å². The summed E-state index contributed by atoms with van der Waals surface area (Å²) in [6, 6.07) is 0. The van der Waals surface area contributed by atoms with Crippen molar-refractivity contribution in [1.82, 2.24) is 0 Å². The molecule has 0 aromatic carbocycles. The van der Waals surface area contributed by atoms with Crippen LogP contribution in [0, 0.1) is 5.41 Å². The molecule has 0 atom stereocenters. The van der Waals surface area contributed by atoms with Gasteiger partial charge in [-0.05, 0) is 18.4 Å². The van der Waals surface area contributed by atoms with Gasteiger partial charge in [0.05, 0.1) is 5.70 Å². The summed E-state index contributed by atoms with van der Waals surface area (Å²) in [6.45, 7) is 0. The Bertz CT molecular complexity index is 151. The Balaban J connectivity index is 2.70. The predicted octanol–water partition coefficient (Wildman–Crippen LogP) is -0.0710. The third-order valence-corrected chi connectivity index (χ3v) is 1.17. The Morgan fingerprint density at radius 2 is 1.88 bits per heavy atom. The van der Waals surface area contributed by atoms with Crippen molar-refractivity contribution < 1.29 is 0 Å². The molecule has 1 saturated carbocycles. The lowest BCUT2D eigenvalue weighted by molar-refractivity contribution is 1.33. The maximum absolute atomic E-state index is 6.87. The predicted molar refractivity (Wildman–Crippen MR) is 32.4 cm³/mol. The minimum Gasteiger partial charge on any atom is -0.396 e. The molecule has 0 saturated heterocycles. The van der Waals surface area contributed by atoms with Crippen LogP contribution in [-0.2, 0) is 0 Å². The van der Waals surface area contributed by atoms with Gasteiger partial charge in [0.2, 0.25) is 0 Å². The van der Waals surface area contributed by atoms with Crippen molar-refractivity contribution in [2.45, 2.75) is 12.8 Å². The lowest BCUT2D eigenvalue weighted by Gasteiger charge is -1.92. The Labute approximate surface area is 47.9 Å². The molecule has 8 heavy (non-hydrogen) atoms. The first kappa shape index (κ1) is 5.15. The molecular formula is C5H9N3. The number of amidine groups is 1. The fourth-order valence-electron chi connectivity index (χ4n) is 0.522. The minimum absolute atomic E-state index is 0.0116. The first-order valence-corrected chi connectivity index (χ1v) is 2.53. The molecular weight excluding hydrogens is 102 g/mol. The van der Waals surface area contributed by atoms with Crippen molar-refractivity contribution in [2.24, 2.45) is 11.5 Å². The summed E-state index contributed by atoms with van der Waals surface area (Å²) in [7, 11) is 0. The van der Waals surface area contributed by atoms with E-state index in [0.717, 1.165) is 18.4 Å². The lowest BCUT2D eigenvalue weighted by Crippen LogP contribution is -2.19. The van der Waals surface area contributed by atoms with Crippen LogP contribution in [0.25, 0.3) is 0 Å². The summed E-state index contributed by atoms with van der Waals surface area (Å²) in [5, 5.41) is 6.87. The van der Waals surface area contributed by atoms with E-state index in [4.69, 9.17) is 16.9 Å². The third-order valence-electron chi connectivity index (χ3n) is 1.17. The highest BCUT2D eigenvalue weighted by atomic mass is 14.8. The maximum Gasteiger partial charge on any atom is 0.138 e. The largest absolute Gasteiger partial charge is 0.396 e. The minimum atomic E-state index is 0.0116. The van der Waals surface area contributed by atoms with Gasteiger partial charge in [-0.1, -0.05) is 0 Å². The molecule has 1 rings (SSSR count). The molecule has 0 amide bonds. The Hall–Kier alpha value is -0.990. The van der Waals surface area contributed by atoms with Gasteiger partial charge in [-0.3, -0.25) is 5.41 Å². The highest BCUT2D eigenvalue weighted by Gasteiger charge is 2.16. The molecule has 1 aliphatic carbocycles. The smallest absolute Gasteiger partial charge is 0.138 e. The van der Waals surface area contributed by atoms with Crippen LogP contribution in [0.2, 0.25) is 0 Å². The Kier molecular flexibility index (Phi) is 0.970. The molecule has 44 valence electrons. The van der Waals surface area contributed by atoms with Crippen LogP contribution >= 0.6 is 0 Å². The van der Waals surface area contributed by atoms with Crippen molar-refractivity contribution in [3.8, 4) is 0 Å². The molecule has 0 heterocycles. The first-order valence-electron chi connectivity index (χ1n) is 2.53. The highest BCUT2D eigenvalue weighted by Crippen LogP contribution is 2.29. The van der Waals surface area contributed by atoms with Crippen LogP contribution in [0.15, 0.2) is 11.3 Å². The SMILES string of the molecule is N=C(N)C(N)=C1CC1. The second-order valence-corrected chi connectivity index (χ2v) is 1.93. The lowest BCUT2D eigenvalue weighted by atomic mass is 10.4. The van der Waals surface area contributed by atoms with Crippen LogP contribution in [0.1, 0.15) is 12.8 Å². The normalized spacial score (nSPS) is 15.8. The van der Waals surface area contributed by atoms with Crippen molar-refractivity contribution >= 4 is 5.84 Å². The molecule has 1 fully saturated rings. The van der Waals surface area contributed by atoms with Gasteiger partial charge in [-0.2, -0.15) is 0 Å². The van der Waals surface area contributed by atoms with Gasteiger partial charge in [-0.15, -0.1) is 0 Å². The zero-order valence-corrected chi connectivity index (χ0v) is 4.57. The molecule has 5 N–H and O–H groups in total. The fraction of sp³-hybridized carbons (Fsp3) is 0.400. The molecule has 0 unspecified atom stereocenters. The zero-order chi connectivity index (χ0) is 6.15. The average Bonchev–Trinajstić information content (AvgIpc) is 2.43. The number of nitrogens with one attached hydrogen (secondary N) is 1. The second kappa shape index (κ2) is 1.51. The maximum atomic E-state index is 6.87. The summed E-state index contributed by atoms with van der Waals surface area (Å²) in [4.78, 5) is 0. The van der Waals surface area contributed by atoms with E-state index in [1.165, 1.54) is 0 Å². The average molecular weight is 111 g/mol. The molecule has 3 heteroatoms. The van der Waals surface area contributed by atoms with Crippen molar-refractivity contribution in [1.29, 1.82) is 5.41 Å². The number of hydrogen-bond acceptors (Lipinski definition) is 2. The quantitative estimate of drug-likeness (QED) is 0.327. The third kappa shape index (κ3) is 0.804. The van der Waals surface area contributed by atoms with Crippen molar-refractivity contribution in [2.75, 3.05) is 0 Å². The highest BCUT2D eigenvalue weighted by molar-refractivity contribution is 5.94. The summed E-state index contributed by atoms with van der Waals surface area (Å²) < 4.78 is 0. The van der Waals surface area contributed by atoms with Gasteiger partial charge in [0.15, 0.2) is 0 Å². The summed E-state index contributed by atoms with van der Waals surface area (Å²) in [5.74, 6) is 0.0116. The number of hydrogen-bond donors (Lipinski definition) is 3. The van der Waals surface area contributed by atoms with Crippen molar-refractivity contribution in [3.63, 3.8) is 0 Å².